The fourth-order valence-electron chi connectivity index (χ4n) is 2.20. The highest BCUT2D eigenvalue weighted by Gasteiger charge is 2.16. The summed E-state index contributed by atoms with van der Waals surface area (Å²) in [5, 5.41) is 13.0. The molecule has 1 unspecified atom stereocenters. The highest BCUT2D eigenvalue weighted by atomic mass is 16.6. The van der Waals surface area contributed by atoms with Crippen molar-refractivity contribution in [3.63, 3.8) is 0 Å². The second-order valence-electron chi connectivity index (χ2n) is 4.83. The van der Waals surface area contributed by atoms with Gasteiger partial charge in [-0.3, -0.25) is 0 Å². The van der Waals surface area contributed by atoms with E-state index in [0.29, 0.717) is 19.8 Å². The molecule has 0 bridgehead atoms. The molecule has 0 saturated carbocycles. The molecule has 1 aromatic carbocycles. The van der Waals surface area contributed by atoms with Crippen LogP contribution in [0.15, 0.2) is 18.2 Å². The van der Waals surface area contributed by atoms with Gasteiger partial charge in [-0.1, -0.05) is 19.9 Å². The molecule has 106 valence electrons. The van der Waals surface area contributed by atoms with Gasteiger partial charge < -0.3 is 19.9 Å². The molecule has 19 heavy (non-hydrogen) atoms. The SMILES string of the molecule is CCC(NC[C@H](O)CC)c1ccc2c(c1)OCCO2. The van der Waals surface area contributed by atoms with Gasteiger partial charge in [0.05, 0.1) is 6.10 Å². The molecule has 4 heteroatoms. The zero-order valence-electron chi connectivity index (χ0n) is 11.7. The largest absolute Gasteiger partial charge is 0.486 e. The third kappa shape index (κ3) is 3.61. The summed E-state index contributed by atoms with van der Waals surface area (Å²) >= 11 is 0. The van der Waals surface area contributed by atoms with E-state index in [4.69, 9.17) is 9.47 Å². The molecule has 0 spiro atoms. The zero-order chi connectivity index (χ0) is 13.7. The van der Waals surface area contributed by atoms with E-state index in [2.05, 4.69) is 18.3 Å². The number of rotatable bonds is 6. The summed E-state index contributed by atoms with van der Waals surface area (Å²) in [6, 6.07) is 6.29. The maximum atomic E-state index is 9.63. The Labute approximate surface area is 114 Å². The van der Waals surface area contributed by atoms with E-state index in [1.54, 1.807) is 0 Å². The highest BCUT2D eigenvalue weighted by Crippen LogP contribution is 2.33. The van der Waals surface area contributed by atoms with Crippen LogP contribution < -0.4 is 14.8 Å². The average Bonchev–Trinajstić information content (AvgIpc) is 2.47. The maximum Gasteiger partial charge on any atom is 0.161 e. The van der Waals surface area contributed by atoms with Gasteiger partial charge in [0.25, 0.3) is 0 Å². The van der Waals surface area contributed by atoms with Gasteiger partial charge in [0.2, 0.25) is 0 Å². The molecular weight excluding hydrogens is 242 g/mol. The van der Waals surface area contributed by atoms with Crippen LogP contribution in [0.3, 0.4) is 0 Å². The fourth-order valence-corrected chi connectivity index (χ4v) is 2.20. The lowest BCUT2D eigenvalue weighted by Crippen LogP contribution is -2.29. The van der Waals surface area contributed by atoms with Crippen LogP contribution in [0.2, 0.25) is 0 Å². The second-order valence-corrected chi connectivity index (χ2v) is 4.83. The number of aliphatic hydroxyl groups is 1. The number of benzene rings is 1. The molecule has 0 saturated heterocycles. The van der Waals surface area contributed by atoms with Crippen LogP contribution in [-0.2, 0) is 0 Å². The first kappa shape index (κ1) is 14.2. The lowest BCUT2D eigenvalue weighted by Gasteiger charge is -2.23. The van der Waals surface area contributed by atoms with Crippen LogP contribution in [0.1, 0.15) is 38.3 Å². The molecule has 2 N–H and O–H groups in total. The summed E-state index contributed by atoms with van der Waals surface area (Å²) in [6.45, 7) is 5.95. The summed E-state index contributed by atoms with van der Waals surface area (Å²) < 4.78 is 11.1. The molecule has 0 amide bonds. The van der Waals surface area contributed by atoms with E-state index in [1.165, 1.54) is 5.56 Å². The first-order chi connectivity index (χ1) is 9.24. The molecule has 1 aromatic rings. The van der Waals surface area contributed by atoms with Gasteiger partial charge >= 0.3 is 0 Å². The number of hydrogen-bond donors (Lipinski definition) is 2. The molecular formula is C15H23NO3. The molecule has 1 aliphatic heterocycles. The summed E-state index contributed by atoms with van der Waals surface area (Å²) in [5.74, 6) is 1.64. The zero-order valence-corrected chi connectivity index (χ0v) is 11.7. The van der Waals surface area contributed by atoms with Crippen molar-refractivity contribution in [2.75, 3.05) is 19.8 Å². The quantitative estimate of drug-likeness (QED) is 0.828. The molecule has 1 aliphatic rings. The Balaban J connectivity index is 2.05. The lowest BCUT2D eigenvalue weighted by atomic mass is 10.0. The number of ether oxygens (including phenoxy) is 2. The Morgan fingerprint density at radius 2 is 1.89 bits per heavy atom. The van der Waals surface area contributed by atoms with Gasteiger partial charge in [-0.05, 0) is 30.5 Å². The van der Waals surface area contributed by atoms with Crippen LogP contribution in [-0.4, -0.2) is 31.0 Å². The van der Waals surface area contributed by atoms with Crippen molar-refractivity contribution < 1.29 is 14.6 Å². The van der Waals surface area contributed by atoms with E-state index < -0.39 is 0 Å². The molecule has 0 aliphatic carbocycles. The Morgan fingerprint density at radius 1 is 1.16 bits per heavy atom. The smallest absolute Gasteiger partial charge is 0.161 e. The van der Waals surface area contributed by atoms with Gasteiger partial charge in [0.15, 0.2) is 11.5 Å². The van der Waals surface area contributed by atoms with Gasteiger partial charge in [0.1, 0.15) is 13.2 Å². The van der Waals surface area contributed by atoms with Gasteiger partial charge in [-0.25, -0.2) is 0 Å². The Morgan fingerprint density at radius 3 is 2.58 bits per heavy atom. The first-order valence-corrected chi connectivity index (χ1v) is 7.05. The normalized spacial score (nSPS) is 17.0. The average molecular weight is 265 g/mol. The Kier molecular flexibility index (Phi) is 5.05. The van der Waals surface area contributed by atoms with Crippen LogP contribution >= 0.6 is 0 Å². The first-order valence-electron chi connectivity index (χ1n) is 7.05. The molecule has 0 aromatic heterocycles. The highest BCUT2D eigenvalue weighted by molar-refractivity contribution is 5.44. The van der Waals surface area contributed by atoms with Crippen LogP contribution in [0.4, 0.5) is 0 Å². The predicted molar refractivity (Wildman–Crippen MR) is 74.8 cm³/mol. The van der Waals surface area contributed by atoms with Crippen molar-refractivity contribution in [2.24, 2.45) is 0 Å². The number of fused-ring (bicyclic) bond motifs is 1. The summed E-state index contributed by atoms with van der Waals surface area (Å²) in [4.78, 5) is 0. The predicted octanol–water partition coefficient (Wildman–Crippen LogP) is 2.27. The third-order valence-electron chi connectivity index (χ3n) is 3.45. The van der Waals surface area contributed by atoms with E-state index in [-0.39, 0.29) is 12.1 Å². The molecule has 0 radical (unpaired) electrons. The van der Waals surface area contributed by atoms with E-state index >= 15 is 0 Å². The Bertz CT molecular complexity index is 408. The van der Waals surface area contributed by atoms with Crippen molar-refractivity contribution in [3.8, 4) is 11.5 Å². The third-order valence-corrected chi connectivity index (χ3v) is 3.45. The van der Waals surface area contributed by atoms with Crippen LogP contribution in [0.5, 0.6) is 11.5 Å². The van der Waals surface area contributed by atoms with E-state index in [1.807, 2.05) is 19.1 Å². The van der Waals surface area contributed by atoms with Crippen molar-refractivity contribution in [3.05, 3.63) is 23.8 Å². The fraction of sp³-hybridized carbons (Fsp3) is 0.600. The van der Waals surface area contributed by atoms with Crippen LogP contribution in [0, 0.1) is 0 Å². The minimum atomic E-state index is -0.286. The van der Waals surface area contributed by atoms with Crippen molar-refractivity contribution in [1.82, 2.24) is 5.32 Å². The monoisotopic (exact) mass is 265 g/mol. The summed E-state index contributed by atoms with van der Waals surface area (Å²) in [6.07, 6.45) is 1.45. The van der Waals surface area contributed by atoms with Gasteiger partial charge in [-0.2, -0.15) is 0 Å². The van der Waals surface area contributed by atoms with Crippen molar-refractivity contribution in [1.29, 1.82) is 0 Å². The standard InChI is InChI=1S/C15H23NO3/c1-3-12(17)10-16-13(4-2)11-5-6-14-15(9-11)19-8-7-18-14/h5-6,9,12-13,16-17H,3-4,7-8,10H2,1-2H3/t12-,13?/m1/s1. The van der Waals surface area contributed by atoms with E-state index in [9.17, 15) is 5.11 Å². The second kappa shape index (κ2) is 6.78. The van der Waals surface area contributed by atoms with E-state index in [0.717, 1.165) is 24.3 Å². The summed E-state index contributed by atoms with van der Waals surface area (Å²) in [7, 11) is 0. The minimum absolute atomic E-state index is 0.233. The molecule has 4 nitrogen and oxygen atoms in total. The number of hydrogen-bond acceptors (Lipinski definition) is 4. The molecule has 1 heterocycles. The van der Waals surface area contributed by atoms with Gasteiger partial charge in [0, 0.05) is 12.6 Å². The van der Waals surface area contributed by atoms with Crippen LogP contribution in [0.25, 0.3) is 0 Å². The topological polar surface area (TPSA) is 50.7 Å². The Hall–Kier alpha value is -1.26. The lowest BCUT2D eigenvalue weighted by molar-refractivity contribution is 0.162. The van der Waals surface area contributed by atoms with Crippen molar-refractivity contribution in [2.45, 2.75) is 38.8 Å². The summed E-state index contributed by atoms with van der Waals surface area (Å²) in [5.41, 5.74) is 1.18. The minimum Gasteiger partial charge on any atom is -0.486 e. The molecule has 2 atom stereocenters. The van der Waals surface area contributed by atoms with Crippen molar-refractivity contribution >= 4 is 0 Å². The maximum absolute atomic E-state index is 9.63. The number of aliphatic hydroxyl groups excluding tert-OH is 1. The number of nitrogens with one attached hydrogen (secondary N) is 1. The molecule has 0 fully saturated rings. The van der Waals surface area contributed by atoms with Gasteiger partial charge in [-0.15, -0.1) is 0 Å². The molecule has 2 rings (SSSR count).